The quantitative estimate of drug-likeness (QED) is 0.143. The summed E-state index contributed by atoms with van der Waals surface area (Å²) in [5, 5.41) is 0. The van der Waals surface area contributed by atoms with Gasteiger partial charge in [-0.1, -0.05) is 516 Å². The Kier molecular flexibility index (Phi) is 324. The lowest BCUT2D eigenvalue weighted by Gasteiger charge is -2.12. The van der Waals surface area contributed by atoms with Crippen LogP contribution in [0, 0.1) is 63.6 Å². The van der Waals surface area contributed by atoms with Gasteiger partial charge in [0.05, 0.1) is 0 Å². The summed E-state index contributed by atoms with van der Waals surface area (Å²) in [6.07, 6.45) is 26.7. The summed E-state index contributed by atoms with van der Waals surface area (Å²) in [4.78, 5) is 0. The van der Waals surface area contributed by atoms with Crippen molar-refractivity contribution in [2.45, 2.75) is 516 Å². The van der Waals surface area contributed by atoms with Crippen LogP contribution in [0.15, 0.2) is 0 Å². The molecule has 86 heavy (non-hydrogen) atoms. The van der Waals surface area contributed by atoms with Crippen molar-refractivity contribution >= 4 is 0 Å². The number of hydrogen-bond donors (Lipinski definition) is 0. The van der Waals surface area contributed by atoms with E-state index in [1.165, 1.54) is 128 Å². The summed E-state index contributed by atoms with van der Waals surface area (Å²) >= 11 is 0. The van der Waals surface area contributed by atoms with Gasteiger partial charge in [0.1, 0.15) is 0 Å². The van der Waals surface area contributed by atoms with Crippen LogP contribution < -0.4 is 0 Å². The highest BCUT2D eigenvalue weighted by molar-refractivity contribution is 4.56. The van der Waals surface area contributed by atoms with E-state index >= 15 is 0 Å². The molecule has 0 aromatic heterocycles. The molecule has 0 aliphatic heterocycles. The summed E-state index contributed by atoms with van der Waals surface area (Å²) in [5.41, 5.74) is 1.58. The van der Waals surface area contributed by atoms with Gasteiger partial charge < -0.3 is 0 Å². The molecule has 0 amide bonds. The Balaban J connectivity index is -0.0000000173. The second-order valence-corrected chi connectivity index (χ2v) is 27.7. The third-order valence-corrected chi connectivity index (χ3v) is 10.4. The van der Waals surface area contributed by atoms with Crippen molar-refractivity contribution in [1.29, 1.82) is 0 Å². The minimum absolute atomic E-state index is 0. The lowest BCUT2D eigenvalue weighted by molar-refractivity contribution is 0.397. The molecule has 0 atom stereocenters. The highest BCUT2D eigenvalue weighted by atomic mass is 14.1. The lowest BCUT2D eigenvalue weighted by atomic mass is 9.94. The highest BCUT2D eigenvalue weighted by Gasteiger charge is 2.04. The highest BCUT2D eigenvalue weighted by Crippen LogP contribution is 2.17. The van der Waals surface area contributed by atoms with Gasteiger partial charge in [0.25, 0.3) is 0 Å². The molecule has 570 valence electrons. The molecule has 0 aromatic rings. The topological polar surface area (TPSA) is 0 Å². The van der Waals surface area contributed by atoms with Gasteiger partial charge in [0.15, 0.2) is 0 Å². The van der Waals surface area contributed by atoms with Gasteiger partial charge in [0.2, 0.25) is 0 Å². The fourth-order valence-electron chi connectivity index (χ4n) is 2.30. The zero-order chi connectivity index (χ0) is 62.3. The molecule has 0 spiro atoms. The summed E-state index contributed by atoms with van der Waals surface area (Å²) < 4.78 is 0. The maximum absolute atomic E-state index is 2.28. The Morgan fingerprint density at radius 2 is 0.372 bits per heavy atom. The molecule has 0 fully saturated rings. The molecule has 0 heteroatoms. The smallest absolute Gasteiger partial charge is 0.0385 e. The largest absolute Gasteiger partial charge is 0.0776 e. The zero-order valence-electron chi connectivity index (χ0n) is 62.3. The molecule has 0 aliphatic rings. The molecule has 0 unspecified atom stereocenters. The first kappa shape index (κ1) is 178. The SMILES string of the molecule is C.C.C.C.C.C.C.C.C.C.C.C.C.CC(C)(C)C.CC(C)C.CC(C)C(C)C.CCC.CCC(C)(C)C.CCC(C)(C)C.CCC(C)C.CCC(C)C.CCC(C)CC.CCCC.CCCC(C)C.CCCC(C)C.CCCCC.CCCCCC. The van der Waals surface area contributed by atoms with Crippen molar-refractivity contribution in [2.75, 3.05) is 0 Å². The zero-order valence-corrected chi connectivity index (χ0v) is 62.3. The Labute approximate surface area is 576 Å². The van der Waals surface area contributed by atoms with Crippen LogP contribution in [0.5, 0.6) is 0 Å². The predicted octanol–water partition coefficient (Wildman–Crippen LogP) is 38.6. The average molecular weight is 1260 g/mol. The van der Waals surface area contributed by atoms with Gasteiger partial charge in [-0.2, -0.15) is 0 Å². The van der Waals surface area contributed by atoms with Gasteiger partial charge in [-0.15, -0.1) is 0 Å². The minimum atomic E-state index is 0. The number of hydrogen-bond acceptors (Lipinski definition) is 0. The van der Waals surface area contributed by atoms with Gasteiger partial charge in [-0.3, -0.25) is 0 Å². The van der Waals surface area contributed by atoms with E-state index in [9.17, 15) is 0 Å². The first-order valence-corrected chi connectivity index (χ1v) is 33.0. The van der Waals surface area contributed by atoms with E-state index in [4.69, 9.17) is 0 Å². The summed E-state index contributed by atoms with van der Waals surface area (Å²) in [6.45, 7) is 93.1. The Morgan fingerprint density at radius 1 is 0.233 bits per heavy atom. The number of rotatable bonds is 15. The second kappa shape index (κ2) is 156. The maximum Gasteiger partial charge on any atom is -0.0385 e. The maximum atomic E-state index is 2.28. The Bertz CT molecular complexity index is 637. The van der Waals surface area contributed by atoms with Gasteiger partial charge >= 0.3 is 0 Å². The summed E-state index contributed by atoms with van der Waals surface area (Å²) in [6, 6.07) is 0. The molecule has 0 N–H and O–H groups in total. The third kappa shape index (κ3) is 643. The van der Waals surface area contributed by atoms with Crippen LogP contribution in [-0.2, 0) is 0 Å². The van der Waals surface area contributed by atoms with Crippen molar-refractivity contribution in [3.05, 3.63) is 0 Å². The van der Waals surface area contributed by atoms with E-state index in [0.717, 1.165) is 47.3 Å². The minimum Gasteiger partial charge on any atom is -0.0776 e. The van der Waals surface area contributed by atoms with Crippen molar-refractivity contribution in [3.8, 4) is 0 Å². The normalized spacial score (nSPS) is 8.44. The summed E-state index contributed by atoms with van der Waals surface area (Å²) in [5.74, 6) is 7.04. The first-order valence-electron chi connectivity index (χ1n) is 33.0. The third-order valence-electron chi connectivity index (χ3n) is 10.4. The van der Waals surface area contributed by atoms with Gasteiger partial charge in [-0.05, 0) is 63.6 Å². The lowest BCUT2D eigenvalue weighted by Crippen LogP contribution is -2.00. The fraction of sp³-hybridized carbons (Fsp3) is 1.00. The van der Waals surface area contributed by atoms with Crippen LogP contribution in [0.1, 0.15) is 516 Å². The van der Waals surface area contributed by atoms with E-state index in [1.54, 1.807) is 0 Å². The summed E-state index contributed by atoms with van der Waals surface area (Å²) in [7, 11) is 0. The monoisotopic (exact) mass is 1260 g/mol. The van der Waals surface area contributed by atoms with E-state index in [-0.39, 0.29) is 96.5 Å². The molecule has 0 bridgehead atoms. The molecule has 0 heterocycles. The average Bonchev–Trinajstić information content (AvgIpc) is 3.26. The van der Waals surface area contributed by atoms with Gasteiger partial charge in [0, 0.05) is 0 Å². The van der Waals surface area contributed by atoms with Gasteiger partial charge in [-0.25, -0.2) is 0 Å². The molecule has 0 nitrogen and oxygen atoms in total. The molecule has 0 aromatic carbocycles. The van der Waals surface area contributed by atoms with E-state index < -0.39 is 0 Å². The molecule has 0 aliphatic carbocycles. The van der Waals surface area contributed by atoms with Crippen LogP contribution in [0.3, 0.4) is 0 Å². The van der Waals surface area contributed by atoms with Crippen LogP contribution in [-0.4, -0.2) is 0 Å². The van der Waals surface area contributed by atoms with Crippen LogP contribution >= 0.6 is 0 Å². The molecular weight excluding hydrogens is 1030 g/mol. The molecule has 0 saturated heterocycles. The molecule has 0 rings (SSSR count). The second-order valence-electron chi connectivity index (χ2n) is 27.7. The van der Waals surface area contributed by atoms with Crippen LogP contribution in [0.4, 0.5) is 0 Å². The van der Waals surface area contributed by atoms with Crippen molar-refractivity contribution in [3.63, 3.8) is 0 Å². The number of unbranched alkanes of at least 4 members (excludes halogenated alkanes) is 6. The molecule has 0 saturated carbocycles. The van der Waals surface area contributed by atoms with E-state index in [0.29, 0.717) is 16.2 Å². The predicted molar refractivity (Wildman–Crippen MR) is 453 cm³/mol. The molecular formula is C86H226. The fourth-order valence-corrected chi connectivity index (χ4v) is 2.30. The van der Waals surface area contributed by atoms with Crippen molar-refractivity contribution in [2.24, 2.45) is 63.6 Å². The van der Waals surface area contributed by atoms with E-state index in [1.807, 2.05) is 0 Å². The van der Waals surface area contributed by atoms with Crippen LogP contribution in [0.25, 0.3) is 0 Å². The standard InChI is InChI=1S/7C6H14.4C5H12.2C4H10.C3H8.13CH4/c2*1-5-6(2,3)4;1-5(2)6(3)4;2*1-4-5-6(2)3;1-4-6(3)5-2;1-3-5-6-4-2;1-5(2,3)4;2*1-4-5(2)3;1-3-5-4-2;1-4(2)3;1-3-4-2;1-3-2;;;;;;;;;;;;;/h2*5H2,1-4H3;5-6H,1-4H3;3*6H,4-5H2,1-3H3;3-6H2,1-2H3;1-4H3;2*5H,4H2,1-3H3;3-5H2,1-2H3;4H,1-3H3;3-4H2,1-2H3;3H2,1-2H3;13*1H4. The van der Waals surface area contributed by atoms with Crippen LogP contribution in [0.2, 0.25) is 0 Å². The van der Waals surface area contributed by atoms with E-state index in [2.05, 4.69) is 291 Å². The molecule has 0 radical (unpaired) electrons. The Hall–Kier alpha value is 0. The Morgan fingerprint density at radius 3 is 0.384 bits per heavy atom. The first-order chi connectivity index (χ1) is 33.0. The van der Waals surface area contributed by atoms with Crippen molar-refractivity contribution < 1.29 is 0 Å². The van der Waals surface area contributed by atoms with Crippen molar-refractivity contribution in [1.82, 2.24) is 0 Å².